The third-order valence-electron chi connectivity index (χ3n) is 2.53. The van der Waals surface area contributed by atoms with Crippen molar-refractivity contribution in [2.24, 2.45) is 0 Å². The molecule has 1 N–H and O–H groups in total. The van der Waals surface area contributed by atoms with Crippen molar-refractivity contribution >= 4 is 17.4 Å². The Morgan fingerprint density at radius 3 is 2.78 bits per heavy atom. The molecule has 0 aromatic heterocycles. The van der Waals surface area contributed by atoms with Crippen molar-refractivity contribution in [3.8, 4) is 5.75 Å². The molecule has 0 radical (unpaired) electrons. The number of rotatable bonds is 3. The second kappa shape index (κ2) is 5.01. The van der Waals surface area contributed by atoms with Crippen molar-refractivity contribution < 1.29 is 22.6 Å². The summed E-state index contributed by atoms with van der Waals surface area (Å²) >= 11 is 4.75. The van der Waals surface area contributed by atoms with Crippen LogP contribution in [-0.2, 0) is 4.74 Å². The maximum absolute atomic E-state index is 13.3. The Hall–Kier alpha value is -1.50. The lowest BCUT2D eigenvalue weighted by Gasteiger charge is -2.13. The zero-order valence-corrected chi connectivity index (χ0v) is 10.2. The molecule has 3 nitrogen and oxygen atoms in total. The molecule has 0 amide bonds. The van der Waals surface area contributed by atoms with Crippen molar-refractivity contribution in [1.82, 2.24) is 5.32 Å². The molecule has 1 fully saturated rings. The molecule has 0 bridgehead atoms. The fourth-order valence-corrected chi connectivity index (χ4v) is 1.74. The minimum Gasteiger partial charge on any atom is -0.489 e. The summed E-state index contributed by atoms with van der Waals surface area (Å²) in [7, 11) is 0. The fraction of sp³-hybridized carbons (Fsp3) is 0.364. The highest BCUT2D eigenvalue weighted by molar-refractivity contribution is 7.80. The van der Waals surface area contributed by atoms with E-state index in [9.17, 15) is 13.2 Å². The number of benzene rings is 1. The van der Waals surface area contributed by atoms with E-state index in [4.69, 9.17) is 21.7 Å². The topological polar surface area (TPSA) is 30.5 Å². The molecule has 1 aromatic carbocycles. The minimum atomic E-state index is -1.50. The van der Waals surface area contributed by atoms with E-state index in [0.29, 0.717) is 6.54 Å². The van der Waals surface area contributed by atoms with Crippen LogP contribution in [0.15, 0.2) is 6.07 Å². The van der Waals surface area contributed by atoms with Gasteiger partial charge in [0, 0.05) is 11.6 Å². The van der Waals surface area contributed by atoms with Gasteiger partial charge in [-0.05, 0) is 19.1 Å². The molecule has 0 saturated carbocycles. The van der Waals surface area contributed by atoms with Crippen LogP contribution in [0.4, 0.5) is 13.2 Å². The number of thiocarbonyl (C=S) groups is 1. The molecule has 1 heterocycles. The monoisotopic (exact) mass is 277 g/mol. The predicted octanol–water partition coefficient (Wildman–Crippen LogP) is 2.06. The molecule has 7 heteroatoms. The maximum Gasteiger partial charge on any atom is 0.257 e. The Morgan fingerprint density at radius 2 is 2.17 bits per heavy atom. The van der Waals surface area contributed by atoms with Gasteiger partial charge in [-0.2, -0.15) is 0 Å². The molecule has 18 heavy (non-hydrogen) atoms. The van der Waals surface area contributed by atoms with E-state index in [1.165, 1.54) is 6.92 Å². The zero-order valence-electron chi connectivity index (χ0n) is 9.43. The average molecular weight is 277 g/mol. The van der Waals surface area contributed by atoms with E-state index in [2.05, 4.69) is 5.32 Å². The van der Waals surface area contributed by atoms with Gasteiger partial charge in [-0.3, -0.25) is 0 Å². The van der Waals surface area contributed by atoms with Gasteiger partial charge in [-0.25, -0.2) is 13.2 Å². The number of halogens is 3. The number of ether oxygens (including phenoxy) is 2. The molecular weight excluding hydrogens is 267 g/mol. The van der Waals surface area contributed by atoms with Gasteiger partial charge in [-0.15, -0.1) is 0 Å². The number of nitrogens with one attached hydrogen (secondary N) is 1. The summed E-state index contributed by atoms with van der Waals surface area (Å²) in [5.74, 6) is -4.08. The van der Waals surface area contributed by atoms with Crippen LogP contribution in [0.1, 0.15) is 5.56 Å². The SMILES string of the molecule is Cc1c(OCC2CNC(=S)O2)cc(F)c(F)c1F. The lowest BCUT2D eigenvalue weighted by atomic mass is 10.2. The third kappa shape index (κ3) is 2.50. The first-order valence-corrected chi connectivity index (χ1v) is 5.61. The first kappa shape index (κ1) is 12.9. The van der Waals surface area contributed by atoms with Crippen molar-refractivity contribution in [2.45, 2.75) is 13.0 Å². The molecule has 0 spiro atoms. The maximum atomic E-state index is 13.3. The Kier molecular flexibility index (Phi) is 3.60. The lowest BCUT2D eigenvalue weighted by Crippen LogP contribution is -2.22. The van der Waals surface area contributed by atoms with Gasteiger partial charge in [-0.1, -0.05) is 0 Å². The van der Waals surface area contributed by atoms with E-state index < -0.39 is 17.5 Å². The van der Waals surface area contributed by atoms with Crippen LogP contribution < -0.4 is 10.1 Å². The zero-order chi connectivity index (χ0) is 13.3. The third-order valence-corrected chi connectivity index (χ3v) is 2.77. The number of hydrogen-bond acceptors (Lipinski definition) is 3. The molecule has 1 saturated heterocycles. The Balaban J connectivity index is 2.08. The van der Waals surface area contributed by atoms with Crippen LogP contribution in [0, 0.1) is 24.4 Å². The summed E-state index contributed by atoms with van der Waals surface area (Å²) in [6.45, 7) is 1.84. The first-order chi connectivity index (χ1) is 8.49. The summed E-state index contributed by atoms with van der Waals surface area (Å²) < 4.78 is 49.5. The summed E-state index contributed by atoms with van der Waals surface area (Å²) in [5.41, 5.74) is -0.0811. The summed E-state index contributed by atoms with van der Waals surface area (Å²) in [6, 6.07) is 0.814. The van der Waals surface area contributed by atoms with Gasteiger partial charge in [0.1, 0.15) is 12.4 Å². The first-order valence-electron chi connectivity index (χ1n) is 5.20. The highest BCUT2D eigenvalue weighted by Gasteiger charge is 2.22. The Morgan fingerprint density at radius 1 is 1.44 bits per heavy atom. The average Bonchev–Trinajstić information content (AvgIpc) is 2.75. The smallest absolute Gasteiger partial charge is 0.257 e. The van der Waals surface area contributed by atoms with Crippen molar-refractivity contribution in [3.63, 3.8) is 0 Å². The standard InChI is InChI=1S/C11H10F3NO2S/c1-5-8(2-7(12)10(14)9(5)13)16-4-6-3-15-11(18)17-6/h2,6H,3-4H2,1H3,(H,15,18). The van der Waals surface area contributed by atoms with E-state index in [-0.39, 0.29) is 29.2 Å². The highest BCUT2D eigenvalue weighted by atomic mass is 32.1. The van der Waals surface area contributed by atoms with E-state index in [0.717, 1.165) is 6.07 Å². The van der Waals surface area contributed by atoms with Gasteiger partial charge >= 0.3 is 0 Å². The summed E-state index contributed by atoms with van der Waals surface area (Å²) in [4.78, 5) is 0. The number of hydrogen-bond donors (Lipinski definition) is 1. The molecule has 1 atom stereocenters. The summed E-state index contributed by atoms with van der Waals surface area (Å²) in [6.07, 6.45) is -0.326. The van der Waals surface area contributed by atoms with Gasteiger partial charge in [0.2, 0.25) is 0 Å². The molecular formula is C11H10F3NO2S. The lowest BCUT2D eigenvalue weighted by molar-refractivity contribution is 0.148. The highest BCUT2D eigenvalue weighted by Crippen LogP contribution is 2.25. The minimum absolute atomic E-state index is 0.0483. The Labute approximate surface area is 107 Å². The molecule has 1 aliphatic rings. The molecule has 98 valence electrons. The fourth-order valence-electron chi connectivity index (χ4n) is 1.52. The van der Waals surface area contributed by atoms with Gasteiger partial charge in [0.15, 0.2) is 23.6 Å². The molecule has 2 rings (SSSR count). The second-order valence-electron chi connectivity index (χ2n) is 3.83. The summed E-state index contributed by atoms with van der Waals surface area (Å²) in [5, 5.41) is 3.03. The molecule has 0 aliphatic carbocycles. The van der Waals surface area contributed by atoms with Crippen LogP contribution in [0.25, 0.3) is 0 Å². The van der Waals surface area contributed by atoms with Crippen LogP contribution in [0.3, 0.4) is 0 Å². The van der Waals surface area contributed by atoms with E-state index in [1.54, 1.807) is 0 Å². The van der Waals surface area contributed by atoms with E-state index >= 15 is 0 Å². The van der Waals surface area contributed by atoms with Gasteiger partial charge < -0.3 is 14.8 Å². The van der Waals surface area contributed by atoms with Crippen LogP contribution >= 0.6 is 12.2 Å². The van der Waals surface area contributed by atoms with Gasteiger partial charge in [0.25, 0.3) is 5.17 Å². The molecule has 1 aromatic rings. The van der Waals surface area contributed by atoms with Crippen LogP contribution in [-0.4, -0.2) is 24.4 Å². The normalized spacial score (nSPS) is 18.4. The molecule has 1 aliphatic heterocycles. The van der Waals surface area contributed by atoms with Crippen LogP contribution in [0.5, 0.6) is 5.75 Å². The van der Waals surface area contributed by atoms with Crippen LogP contribution in [0.2, 0.25) is 0 Å². The van der Waals surface area contributed by atoms with Crippen molar-refractivity contribution in [1.29, 1.82) is 0 Å². The van der Waals surface area contributed by atoms with Crippen molar-refractivity contribution in [2.75, 3.05) is 13.2 Å². The molecule has 1 unspecified atom stereocenters. The van der Waals surface area contributed by atoms with Gasteiger partial charge in [0.05, 0.1) is 6.54 Å². The van der Waals surface area contributed by atoms with Crippen molar-refractivity contribution in [3.05, 3.63) is 29.1 Å². The quantitative estimate of drug-likeness (QED) is 0.677. The second-order valence-corrected chi connectivity index (χ2v) is 4.20. The largest absolute Gasteiger partial charge is 0.489 e. The van der Waals surface area contributed by atoms with E-state index in [1.807, 2.05) is 0 Å². The predicted molar refractivity (Wildman–Crippen MR) is 62.0 cm³/mol. The Bertz CT molecular complexity index is 496.